The summed E-state index contributed by atoms with van der Waals surface area (Å²) in [5.74, 6) is -0.719. The van der Waals surface area contributed by atoms with Gasteiger partial charge >= 0.3 is 5.97 Å². The molecule has 0 saturated carbocycles. The minimum Gasteiger partial charge on any atom is -0.494 e. The van der Waals surface area contributed by atoms with Crippen molar-refractivity contribution in [3.8, 4) is 5.88 Å². The lowest BCUT2D eigenvalue weighted by Gasteiger charge is -1.99. The molecule has 0 aromatic carbocycles. The molecule has 5 nitrogen and oxygen atoms in total. The van der Waals surface area contributed by atoms with Crippen LogP contribution >= 0.6 is 0 Å². The zero-order valence-electron chi connectivity index (χ0n) is 8.15. The van der Waals surface area contributed by atoms with Crippen molar-refractivity contribution in [3.63, 3.8) is 0 Å². The van der Waals surface area contributed by atoms with Crippen LogP contribution in [0.3, 0.4) is 0 Å². The molecule has 2 heterocycles. The quantitative estimate of drug-likeness (QED) is 0.729. The Morgan fingerprint density at radius 1 is 1.67 bits per heavy atom. The first-order valence-electron chi connectivity index (χ1n) is 4.55. The van der Waals surface area contributed by atoms with Crippen LogP contribution in [0.2, 0.25) is 0 Å². The number of fused-ring (bicyclic) bond motifs is 1. The molecule has 0 amide bonds. The number of rotatable bonds is 2. The number of aromatic hydroxyl groups is 1. The van der Waals surface area contributed by atoms with Crippen LogP contribution in [0.15, 0.2) is 18.5 Å². The van der Waals surface area contributed by atoms with Crippen molar-refractivity contribution >= 4 is 16.9 Å². The lowest BCUT2D eigenvalue weighted by molar-refractivity contribution is 0.0525. The number of carbonyl (C=O) groups excluding carboxylic acids is 1. The maximum Gasteiger partial charge on any atom is 0.344 e. The fourth-order valence-corrected chi connectivity index (χ4v) is 1.44. The number of nitrogens with zero attached hydrogens (tertiary/aromatic N) is 1. The Hall–Kier alpha value is -2.04. The summed E-state index contributed by atoms with van der Waals surface area (Å²) in [5, 5.41) is 10.2. The summed E-state index contributed by atoms with van der Waals surface area (Å²) in [4.78, 5) is 18.1. The molecule has 0 fully saturated rings. The Labute approximate surface area is 85.7 Å². The molecule has 0 aliphatic heterocycles. The number of hydrogen-bond acceptors (Lipinski definition) is 4. The van der Waals surface area contributed by atoms with Gasteiger partial charge in [-0.1, -0.05) is 0 Å². The van der Waals surface area contributed by atoms with E-state index in [1.165, 1.54) is 6.20 Å². The highest BCUT2D eigenvalue weighted by atomic mass is 16.5. The summed E-state index contributed by atoms with van der Waals surface area (Å²) in [6.45, 7) is 1.99. The van der Waals surface area contributed by atoms with Crippen LogP contribution in [-0.4, -0.2) is 27.7 Å². The van der Waals surface area contributed by atoms with Crippen LogP contribution in [-0.2, 0) is 4.74 Å². The van der Waals surface area contributed by atoms with Gasteiger partial charge in [-0.05, 0) is 13.0 Å². The van der Waals surface area contributed by atoms with E-state index in [-0.39, 0.29) is 18.1 Å². The van der Waals surface area contributed by atoms with E-state index in [2.05, 4.69) is 9.97 Å². The maximum atomic E-state index is 11.5. The molecule has 0 unspecified atom stereocenters. The number of aromatic nitrogens is 2. The molecule has 0 bridgehead atoms. The first kappa shape index (κ1) is 9.51. The molecule has 15 heavy (non-hydrogen) atoms. The van der Waals surface area contributed by atoms with Gasteiger partial charge in [-0.2, -0.15) is 0 Å². The highest BCUT2D eigenvalue weighted by Gasteiger charge is 2.18. The average molecular weight is 206 g/mol. The molecule has 2 aromatic rings. The monoisotopic (exact) mass is 206 g/mol. The Morgan fingerprint density at radius 2 is 2.47 bits per heavy atom. The Bertz CT molecular complexity index is 504. The van der Waals surface area contributed by atoms with Crippen LogP contribution in [0.25, 0.3) is 10.9 Å². The first-order chi connectivity index (χ1) is 7.24. The smallest absolute Gasteiger partial charge is 0.344 e. The van der Waals surface area contributed by atoms with Crippen LogP contribution in [0.1, 0.15) is 17.3 Å². The minimum absolute atomic E-state index is 0.161. The van der Waals surface area contributed by atoms with Crippen molar-refractivity contribution in [1.82, 2.24) is 9.97 Å². The van der Waals surface area contributed by atoms with E-state index in [1.54, 1.807) is 19.2 Å². The average Bonchev–Trinajstić information content (AvgIpc) is 2.54. The van der Waals surface area contributed by atoms with E-state index >= 15 is 0 Å². The molecule has 78 valence electrons. The number of pyridine rings is 1. The molecule has 0 saturated heterocycles. The Kier molecular flexibility index (Phi) is 2.29. The van der Waals surface area contributed by atoms with Gasteiger partial charge in [0.05, 0.1) is 18.3 Å². The molecule has 2 rings (SSSR count). The number of H-pyrrole nitrogens is 1. The Morgan fingerprint density at radius 3 is 3.20 bits per heavy atom. The van der Waals surface area contributed by atoms with Gasteiger partial charge in [0.2, 0.25) is 5.88 Å². The van der Waals surface area contributed by atoms with Gasteiger partial charge in [0, 0.05) is 11.6 Å². The van der Waals surface area contributed by atoms with Gasteiger partial charge in [0.15, 0.2) is 0 Å². The van der Waals surface area contributed by atoms with E-state index in [1.807, 2.05) is 0 Å². The zero-order chi connectivity index (χ0) is 10.8. The van der Waals surface area contributed by atoms with Crippen LogP contribution < -0.4 is 0 Å². The topological polar surface area (TPSA) is 75.2 Å². The van der Waals surface area contributed by atoms with Crippen molar-refractivity contribution in [2.45, 2.75) is 6.92 Å². The predicted molar refractivity (Wildman–Crippen MR) is 53.7 cm³/mol. The second-order valence-corrected chi connectivity index (χ2v) is 2.99. The van der Waals surface area contributed by atoms with Gasteiger partial charge in [0.25, 0.3) is 0 Å². The van der Waals surface area contributed by atoms with E-state index in [9.17, 15) is 9.90 Å². The van der Waals surface area contributed by atoms with Crippen molar-refractivity contribution in [1.29, 1.82) is 0 Å². The zero-order valence-corrected chi connectivity index (χ0v) is 8.15. The second kappa shape index (κ2) is 3.61. The number of nitrogens with one attached hydrogen (secondary N) is 1. The molecule has 0 aliphatic rings. The summed E-state index contributed by atoms with van der Waals surface area (Å²) in [7, 11) is 0. The van der Waals surface area contributed by atoms with Crippen LogP contribution in [0.4, 0.5) is 0 Å². The molecule has 5 heteroatoms. The summed E-state index contributed by atoms with van der Waals surface area (Å²) in [6, 6.07) is 1.65. The molecule has 0 atom stereocenters. The van der Waals surface area contributed by atoms with E-state index in [4.69, 9.17) is 4.74 Å². The number of ether oxygens (including phenoxy) is 1. The second-order valence-electron chi connectivity index (χ2n) is 2.99. The fourth-order valence-electron chi connectivity index (χ4n) is 1.44. The van der Waals surface area contributed by atoms with Crippen LogP contribution in [0.5, 0.6) is 5.88 Å². The van der Waals surface area contributed by atoms with E-state index < -0.39 is 5.97 Å². The first-order valence-corrected chi connectivity index (χ1v) is 4.55. The number of carbonyl (C=O) groups is 1. The van der Waals surface area contributed by atoms with Crippen molar-refractivity contribution in [2.75, 3.05) is 6.61 Å². The molecule has 0 spiro atoms. The van der Waals surface area contributed by atoms with Gasteiger partial charge in [0.1, 0.15) is 5.56 Å². The van der Waals surface area contributed by atoms with Gasteiger partial charge in [-0.25, -0.2) is 4.79 Å². The largest absolute Gasteiger partial charge is 0.494 e. The van der Waals surface area contributed by atoms with Gasteiger partial charge in [-0.15, -0.1) is 0 Å². The summed E-state index contributed by atoms with van der Waals surface area (Å²) < 4.78 is 4.84. The van der Waals surface area contributed by atoms with E-state index in [0.717, 1.165) is 0 Å². The summed E-state index contributed by atoms with van der Waals surface area (Å²) >= 11 is 0. The van der Waals surface area contributed by atoms with Gasteiger partial charge in [-0.3, -0.25) is 4.98 Å². The van der Waals surface area contributed by atoms with Crippen LogP contribution in [0, 0.1) is 0 Å². The molecule has 2 aromatic heterocycles. The minimum atomic E-state index is -0.535. The highest BCUT2D eigenvalue weighted by molar-refractivity contribution is 6.06. The lowest BCUT2D eigenvalue weighted by atomic mass is 10.2. The Balaban J connectivity index is 2.58. The number of aromatic amines is 1. The fraction of sp³-hybridized carbons (Fsp3) is 0.200. The molecule has 2 N–H and O–H groups in total. The molecule has 0 aliphatic carbocycles. The number of hydrogen-bond donors (Lipinski definition) is 2. The van der Waals surface area contributed by atoms with Crippen molar-refractivity contribution in [2.24, 2.45) is 0 Å². The lowest BCUT2D eigenvalue weighted by Crippen LogP contribution is -2.03. The van der Waals surface area contributed by atoms with E-state index in [0.29, 0.717) is 10.9 Å². The van der Waals surface area contributed by atoms with Crippen molar-refractivity contribution in [3.05, 3.63) is 24.0 Å². The SMILES string of the molecule is CCOC(=O)c1c(O)[nH]c2cnccc12. The molecular formula is C10H10N2O3. The predicted octanol–water partition coefficient (Wildman–Crippen LogP) is 1.45. The molecule has 0 radical (unpaired) electrons. The molecular weight excluding hydrogens is 196 g/mol. The third kappa shape index (κ3) is 1.52. The normalized spacial score (nSPS) is 10.5. The number of esters is 1. The third-order valence-electron chi connectivity index (χ3n) is 2.06. The summed E-state index contributed by atoms with van der Waals surface area (Å²) in [6.07, 6.45) is 3.09. The van der Waals surface area contributed by atoms with Crippen molar-refractivity contribution < 1.29 is 14.6 Å². The van der Waals surface area contributed by atoms with Gasteiger partial charge < -0.3 is 14.8 Å². The third-order valence-corrected chi connectivity index (χ3v) is 2.06. The maximum absolute atomic E-state index is 11.5. The highest BCUT2D eigenvalue weighted by Crippen LogP contribution is 2.26. The summed E-state index contributed by atoms with van der Waals surface area (Å²) in [5.41, 5.74) is 0.771. The standard InChI is InChI=1S/C10H10N2O3/c1-2-15-10(14)8-6-3-4-11-5-7(6)12-9(8)13/h3-5,12-13H,2H2,1H3.